The molecule has 0 bridgehead atoms. The Morgan fingerprint density at radius 3 is 2.56 bits per heavy atom. The zero-order chi connectivity index (χ0) is 22.7. The number of imidazole rings is 1. The van der Waals surface area contributed by atoms with Gasteiger partial charge >= 0.3 is 0 Å². The lowest BCUT2D eigenvalue weighted by Crippen LogP contribution is -2.30. The molecule has 0 aliphatic heterocycles. The van der Waals surface area contributed by atoms with Gasteiger partial charge in [0, 0.05) is 12.1 Å². The maximum absolute atomic E-state index is 13.3. The number of carbonyl (C=O) groups is 1. The number of nitrogens with zero attached hydrogens (tertiary/aromatic N) is 1. The molecule has 1 aromatic heterocycles. The van der Waals surface area contributed by atoms with E-state index in [1.807, 2.05) is 48.5 Å². The number of benzene rings is 3. The number of rotatable bonds is 7. The second-order valence-corrected chi connectivity index (χ2v) is 9.24. The van der Waals surface area contributed by atoms with Crippen molar-refractivity contribution in [3.63, 3.8) is 0 Å². The molecule has 1 heterocycles. The first kappa shape index (κ1) is 21.7. The standard InChI is InChI=1S/C24H24N4O3S/c1-3-27-32(30,31)19-11-9-16(2)20(14-19)24(29)28-23(17-7-5-4-6-8-17)18-10-12-21-22(13-18)26-15-25-21/h4-15,23,27H,3H2,1-2H3,(H,25,26)(H,28,29)/t23-/m0/s1. The molecule has 1 amide bonds. The first-order valence-corrected chi connectivity index (χ1v) is 11.8. The number of hydrogen-bond donors (Lipinski definition) is 3. The fraction of sp³-hybridized carbons (Fsp3) is 0.167. The van der Waals surface area contributed by atoms with Crippen LogP contribution in [-0.4, -0.2) is 30.8 Å². The van der Waals surface area contributed by atoms with E-state index in [1.54, 1.807) is 26.2 Å². The molecule has 0 spiro atoms. The Morgan fingerprint density at radius 2 is 1.81 bits per heavy atom. The fourth-order valence-corrected chi connectivity index (χ4v) is 4.70. The third kappa shape index (κ3) is 4.42. The summed E-state index contributed by atoms with van der Waals surface area (Å²) in [7, 11) is -3.67. The van der Waals surface area contributed by atoms with Crippen LogP contribution in [0.25, 0.3) is 11.0 Å². The number of aromatic amines is 1. The highest BCUT2D eigenvalue weighted by Gasteiger charge is 2.22. The van der Waals surface area contributed by atoms with Gasteiger partial charge in [-0.2, -0.15) is 0 Å². The molecule has 0 aliphatic rings. The third-order valence-corrected chi connectivity index (χ3v) is 6.83. The Kier molecular flexibility index (Phi) is 6.07. The van der Waals surface area contributed by atoms with Crippen LogP contribution < -0.4 is 10.0 Å². The van der Waals surface area contributed by atoms with E-state index >= 15 is 0 Å². The van der Waals surface area contributed by atoms with Gasteiger partial charge in [-0.15, -0.1) is 0 Å². The highest BCUT2D eigenvalue weighted by Crippen LogP contribution is 2.26. The number of amides is 1. The Bertz CT molecular complexity index is 1360. The van der Waals surface area contributed by atoms with Gasteiger partial charge in [-0.05, 0) is 47.9 Å². The largest absolute Gasteiger partial charge is 0.345 e. The van der Waals surface area contributed by atoms with Gasteiger partial charge in [0.2, 0.25) is 10.0 Å². The summed E-state index contributed by atoms with van der Waals surface area (Å²) >= 11 is 0. The van der Waals surface area contributed by atoms with Gasteiger partial charge in [0.25, 0.3) is 5.91 Å². The van der Waals surface area contributed by atoms with Crippen molar-refractivity contribution >= 4 is 27.0 Å². The van der Waals surface area contributed by atoms with Crippen molar-refractivity contribution in [1.29, 1.82) is 0 Å². The van der Waals surface area contributed by atoms with Crippen molar-refractivity contribution in [3.8, 4) is 0 Å². The molecule has 0 unspecified atom stereocenters. The summed E-state index contributed by atoms with van der Waals surface area (Å²) in [5.74, 6) is -0.352. The van der Waals surface area contributed by atoms with Crippen LogP contribution in [0.3, 0.4) is 0 Å². The lowest BCUT2D eigenvalue weighted by molar-refractivity contribution is 0.0942. The molecule has 32 heavy (non-hydrogen) atoms. The number of carbonyl (C=O) groups excluding carboxylic acids is 1. The first-order valence-electron chi connectivity index (χ1n) is 10.3. The van der Waals surface area contributed by atoms with E-state index in [9.17, 15) is 13.2 Å². The molecule has 0 radical (unpaired) electrons. The molecular formula is C24H24N4O3S. The lowest BCUT2D eigenvalue weighted by Gasteiger charge is -2.21. The minimum Gasteiger partial charge on any atom is -0.345 e. The van der Waals surface area contributed by atoms with Crippen molar-refractivity contribution in [2.45, 2.75) is 24.8 Å². The van der Waals surface area contributed by atoms with Crippen LogP contribution in [0.2, 0.25) is 0 Å². The summed E-state index contributed by atoms with van der Waals surface area (Å²) in [5.41, 5.74) is 4.50. The van der Waals surface area contributed by atoms with Crippen molar-refractivity contribution < 1.29 is 13.2 Å². The second kappa shape index (κ2) is 8.94. The molecule has 0 aliphatic carbocycles. The zero-order valence-corrected chi connectivity index (χ0v) is 18.6. The van der Waals surface area contributed by atoms with Crippen LogP contribution in [0.5, 0.6) is 0 Å². The average molecular weight is 449 g/mol. The normalized spacial score (nSPS) is 12.6. The molecule has 164 valence electrons. The van der Waals surface area contributed by atoms with E-state index in [2.05, 4.69) is 20.0 Å². The van der Waals surface area contributed by atoms with Gasteiger partial charge in [0.1, 0.15) is 0 Å². The van der Waals surface area contributed by atoms with E-state index in [0.717, 1.165) is 22.2 Å². The summed E-state index contributed by atoms with van der Waals surface area (Å²) in [5, 5.41) is 3.09. The van der Waals surface area contributed by atoms with Crippen LogP contribution in [0.4, 0.5) is 0 Å². The topological polar surface area (TPSA) is 104 Å². The zero-order valence-electron chi connectivity index (χ0n) is 17.8. The van der Waals surface area contributed by atoms with Crippen LogP contribution in [-0.2, 0) is 10.0 Å². The molecule has 7 nitrogen and oxygen atoms in total. The van der Waals surface area contributed by atoms with Gasteiger partial charge in [-0.3, -0.25) is 4.79 Å². The fourth-order valence-electron chi connectivity index (χ4n) is 3.63. The van der Waals surface area contributed by atoms with Crippen molar-refractivity contribution in [1.82, 2.24) is 20.0 Å². The van der Waals surface area contributed by atoms with Crippen molar-refractivity contribution in [2.75, 3.05) is 6.54 Å². The van der Waals surface area contributed by atoms with Gasteiger partial charge in [0.05, 0.1) is 28.3 Å². The molecule has 3 N–H and O–H groups in total. The Labute approximate surface area is 187 Å². The smallest absolute Gasteiger partial charge is 0.252 e. The molecule has 8 heteroatoms. The number of hydrogen-bond acceptors (Lipinski definition) is 4. The minimum atomic E-state index is -3.67. The predicted molar refractivity (Wildman–Crippen MR) is 124 cm³/mol. The Hall–Kier alpha value is -3.49. The third-order valence-electron chi connectivity index (χ3n) is 5.28. The van der Waals surface area contributed by atoms with E-state index in [1.165, 1.54) is 12.1 Å². The molecule has 4 rings (SSSR count). The monoisotopic (exact) mass is 448 g/mol. The quantitative estimate of drug-likeness (QED) is 0.401. The van der Waals surface area contributed by atoms with Crippen molar-refractivity contribution in [2.24, 2.45) is 0 Å². The average Bonchev–Trinajstić information content (AvgIpc) is 3.26. The highest BCUT2D eigenvalue weighted by atomic mass is 32.2. The Morgan fingerprint density at radius 1 is 1.03 bits per heavy atom. The molecule has 0 fully saturated rings. The number of nitrogens with one attached hydrogen (secondary N) is 3. The maximum atomic E-state index is 13.3. The number of fused-ring (bicyclic) bond motifs is 1. The number of H-pyrrole nitrogens is 1. The SMILES string of the molecule is CCNS(=O)(=O)c1ccc(C)c(C(=O)N[C@@H](c2ccccc2)c2ccc3nc[nH]c3c2)c1. The highest BCUT2D eigenvalue weighted by molar-refractivity contribution is 7.89. The van der Waals surface area contributed by atoms with E-state index in [4.69, 9.17) is 0 Å². The van der Waals surface area contributed by atoms with Crippen LogP contribution in [0, 0.1) is 6.92 Å². The van der Waals surface area contributed by atoms with Gasteiger partial charge in [0.15, 0.2) is 0 Å². The van der Waals surface area contributed by atoms with Gasteiger partial charge < -0.3 is 10.3 Å². The molecule has 1 atom stereocenters. The molecule has 0 saturated carbocycles. The molecule has 3 aromatic carbocycles. The summed E-state index contributed by atoms with van der Waals surface area (Å²) in [6, 6.07) is 19.6. The lowest BCUT2D eigenvalue weighted by atomic mass is 9.97. The number of aryl methyl sites for hydroxylation is 1. The maximum Gasteiger partial charge on any atom is 0.252 e. The summed E-state index contributed by atoms with van der Waals surface area (Å²) < 4.78 is 27.3. The van der Waals surface area contributed by atoms with E-state index in [-0.39, 0.29) is 17.3 Å². The summed E-state index contributed by atoms with van der Waals surface area (Å²) in [6.45, 7) is 3.76. The van der Waals surface area contributed by atoms with Crippen LogP contribution >= 0.6 is 0 Å². The van der Waals surface area contributed by atoms with Gasteiger partial charge in [-0.25, -0.2) is 18.1 Å². The first-order chi connectivity index (χ1) is 15.4. The summed E-state index contributed by atoms with van der Waals surface area (Å²) in [4.78, 5) is 20.7. The van der Waals surface area contributed by atoms with E-state index in [0.29, 0.717) is 11.1 Å². The minimum absolute atomic E-state index is 0.0604. The van der Waals surface area contributed by atoms with E-state index < -0.39 is 16.1 Å². The Balaban J connectivity index is 1.72. The molecular weight excluding hydrogens is 424 g/mol. The summed E-state index contributed by atoms with van der Waals surface area (Å²) in [6.07, 6.45) is 1.63. The predicted octanol–water partition coefficient (Wildman–Crippen LogP) is 3.69. The number of aromatic nitrogens is 2. The second-order valence-electron chi connectivity index (χ2n) is 7.47. The van der Waals surface area contributed by atoms with Crippen LogP contribution in [0.1, 0.15) is 40.0 Å². The molecule has 0 saturated heterocycles. The van der Waals surface area contributed by atoms with Crippen molar-refractivity contribution in [3.05, 3.63) is 95.3 Å². The van der Waals surface area contributed by atoms with Gasteiger partial charge in [-0.1, -0.05) is 49.4 Å². The van der Waals surface area contributed by atoms with Crippen LogP contribution in [0.15, 0.2) is 78.0 Å². The molecule has 4 aromatic rings. The number of sulfonamides is 1.